The zero-order chi connectivity index (χ0) is 24.6. The Hall–Kier alpha value is -4.31. The van der Waals surface area contributed by atoms with E-state index in [-0.39, 0.29) is 16.0 Å². The summed E-state index contributed by atoms with van der Waals surface area (Å²) in [5, 5.41) is 12.7. The molecule has 1 unspecified atom stereocenters. The second-order valence-corrected chi connectivity index (χ2v) is 8.99. The van der Waals surface area contributed by atoms with Gasteiger partial charge in [-0.2, -0.15) is 0 Å². The van der Waals surface area contributed by atoms with Crippen LogP contribution >= 0.6 is 0 Å². The van der Waals surface area contributed by atoms with Crippen LogP contribution in [-0.2, 0) is 11.3 Å². The second kappa shape index (κ2) is 9.04. The third-order valence-electron chi connectivity index (χ3n) is 6.55. The molecule has 1 amide bonds. The third kappa shape index (κ3) is 4.16. The topological polar surface area (TPSA) is 104 Å². The summed E-state index contributed by atoms with van der Waals surface area (Å²) in [4.78, 5) is 27.2. The summed E-state index contributed by atoms with van der Waals surface area (Å²) in [5.41, 5.74) is 3.70. The van der Waals surface area contributed by atoms with Gasteiger partial charge in [-0.3, -0.25) is 4.79 Å². The van der Waals surface area contributed by atoms with Gasteiger partial charge in [0.15, 0.2) is 5.65 Å². The molecule has 0 spiro atoms. The fourth-order valence-electron chi connectivity index (χ4n) is 4.59. The molecule has 1 saturated heterocycles. The molecule has 1 atom stereocenters. The average Bonchev–Trinajstić information content (AvgIpc) is 3.53. The maximum Gasteiger partial charge on any atom is 0.239 e. The molecular formula is C26H31FN8O. The smallest absolute Gasteiger partial charge is 0.239 e. The van der Waals surface area contributed by atoms with Crippen molar-refractivity contribution in [1.29, 1.82) is 0 Å². The van der Waals surface area contributed by atoms with Crippen molar-refractivity contribution in [3.05, 3.63) is 78.1 Å². The van der Waals surface area contributed by atoms with Crippen molar-refractivity contribution in [2.75, 3.05) is 24.5 Å². The zero-order valence-electron chi connectivity index (χ0n) is 19.7. The Bertz CT molecular complexity index is 1560. The third-order valence-corrected chi connectivity index (χ3v) is 6.55. The van der Waals surface area contributed by atoms with Crippen LogP contribution in [0, 0.1) is 12.7 Å². The molecule has 3 aromatic heterocycles. The number of aromatic amines is 1. The van der Waals surface area contributed by atoms with Crippen molar-refractivity contribution in [3.63, 3.8) is 0 Å². The van der Waals surface area contributed by atoms with E-state index in [9.17, 15) is 9.18 Å². The van der Waals surface area contributed by atoms with Crippen molar-refractivity contribution in [3.8, 4) is 5.69 Å². The Morgan fingerprint density at radius 2 is 2.11 bits per heavy atom. The largest absolute Gasteiger partial charge is 0.357 e. The molecule has 5 aromatic rings. The lowest BCUT2D eigenvalue weighted by atomic mass is 10.2. The highest BCUT2D eigenvalue weighted by atomic mass is 19.1. The minimum absolute atomic E-state index is 0. The Labute approximate surface area is 210 Å². The number of hydrogen-bond donors (Lipinski definition) is 3. The van der Waals surface area contributed by atoms with E-state index in [2.05, 4.69) is 35.6 Å². The summed E-state index contributed by atoms with van der Waals surface area (Å²) >= 11 is 0. The van der Waals surface area contributed by atoms with Crippen LogP contribution in [-0.4, -0.2) is 56.3 Å². The molecular weight excluding hydrogens is 459 g/mol. The quantitative estimate of drug-likeness (QED) is 0.348. The van der Waals surface area contributed by atoms with Gasteiger partial charge in [-0.1, -0.05) is 24.3 Å². The fourth-order valence-corrected chi connectivity index (χ4v) is 4.59. The van der Waals surface area contributed by atoms with Gasteiger partial charge in [0.05, 0.1) is 17.6 Å². The first-order valence-electron chi connectivity index (χ1n) is 11.8. The number of H-pyrrole nitrogens is 1. The van der Waals surface area contributed by atoms with Crippen LogP contribution < -0.4 is 15.5 Å². The van der Waals surface area contributed by atoms with Crippen LogP contribution in [0.3, 0.4) is 0 Å². The molecule has 3 N–H and O–H groups in total. The number of halogens is 1. The number of hydrogen-bond acceptors (Lipinski definition) is 6. The molecule has 4 heterocycles. The van der Waals surface area contributed by atoms with E-state index < -0.39 is 6.04 Å². The first-order chi connectivity index (χ1) is 17.5. The van der Waals surface area contributed by atoms with Crippen molar-refractivity contribution in [2.45, 2.75) is 19.5 Å². The molecule has 0 bridgehead atoms. The minimum Gasteiger partial charge on any atom is -0.357 e. The number of anilines is 1. The van der Waals surface area contributed by atoms with Crippen LogP contribution in [0.25, 0.3) is 27.6 Å². The predicted octanol–water partition coefficient (Wildman–Crippen LogP) is 3.58. The number of para-hydroxylation sites is 1. The van der Waals surface area contributed by atoms with E-state index in [0.29, 0.717) is 48.9 Å². The molecule has 0 radical (unpaired) electrons. The van der Waals surface area contributed by atoms with E-state index >= 15 is 0 Å². The van der Waals surface area contributed by atoms with Gasteiger partial charge in [0.1, 0.15) is 24.0 Å². The fraction of sp³-hybridized carbons (Fsp3) is 0.231. The highest BCUT2D eigenvalue weighted by Gasteiger charge is 2.27. The van der Waals surface area contributed by atoms with Crippen molar-refractivity contribution in [1.82, 2.24) is 35.4 Å². The van der Waals surface area contributed by atoms with Crippen LogP contribution in [0.15, 0.2) is 61.1 Å². The number of amides is 1. The number of benzene rings is 2. The average molecular weight is 491 g/mol. The van der Waals surface area contributed by atoms with E-state index in [0.717, 1.165) is 22.0 Å². The predicted molar refractivity (Wildman–Crippen MR) is 142 cm³/mol. The van der Waals surface area contributed by atoms with Crippen molar-refractivity contribution < 1.29 is 13.5 Å². The van der Waals surface area contributed by atoms with Gasteiger partial charge in [0.2, 0.25) is 5.91 Å². The van der Waals surface area contributed by atoms with Gasteiger partial charge in [0, 0.05) is 41.3 Å². The number of carbonyl (C=O) groups is 1. The molecule has 2 aromatic carbocycles. The summed E-state index contributed by atoms with van der Waals surface area (Å²) in [6.07, 6.45) is 3.28. The number of aryl methyl sites for hydroxylation is 1. The van der Waals surface area contributed by atoms with Crippen molar-refractivity contribution >= 4 is 33.7 Å². The van der Waals surface area contributed by atoms with Gasteiger partial charge in [-0.15, -0.1) is 5.10 Å². The Kier molecular flexibility index (Phi) is 5.57. The van der Waals surface area contributed by atoms with Gasteiger partial charge in [-0.25, -0.2) is 19.0 Å². The Morgan fingerprint density at radius 3 is 2.97 bits per heavy atom. The van der Waals surface area contributed by atoms with E-state index in [4.69, 9.17) is 0 Å². The number of aromatic nitrogens is 5. The zero-order valence-corrected chi connectivity index (χ0v) is 19.7. The monoisotopic (exact) mass is 490 g/mol. The lowest BCUT2D eigenvalue weighted by Gasteiger charge is -2.33. The van der Waals surface area contributed by atoms with E-state index in [1.54, 1.807) is 17.7 Å². The first-order valence-corrected chi connectivity index (χ1v) is 11.8. The van der Waals surface area contributed by atoms with Crippen LogP contribution in [0.2, 0.25) is 0 Å². The lowest BCUT2D eigenvalue weighted by molar-refractivity contribution is -0.123. The summed E-state index contributed by atoms with van der Waals surface area (Å²) in [5.74, 6) is 0.338. The van der Waals surface area contributed by atoms with Gasteiger partial charge < -0.3 is 20.5 Å². The summed E-state index contributed by atoms with van der Waals surface area (Å²) in [6, 6.07) is 14.7. The summed E-state index contributed by atoms with van der Waals surface area (Å²) in [7, 11) is 0. The Balaban J connectivity index is 0.00000140. The molecule has 188 valence electrons. The molecule has 36 heavy (non-hydrogen) atoms. The summed E-state index contributed by atoms with van der Waals surface area (Å²) in [6.45, 7) is 3.91. The minimum atomic E-state index is -0.394. The number of nitrogens with one attached hydrogen (secondary N) is 3. The normalized spacial score (nSPS) is 16.1. The molecule has 1 fully saturated rings. The lowest BCUT2D eigenvalue weighted by Crippen LogP contribution is -2.57. The SMILES string of the molecule is Cc1ccc(-n2cc3c(N4CCNC(C(=O)NCc5cc6ccccc6[nH]5)C4)ncnc3n2)cc1F.[HH].[HH].[HH]. The number of fused-ring (bicyclic) bond motifs is 2. The number of nitrogens with zero attached hydrogens (tertiary/aromatic N) is 5. The molecule has 6 rings (SSSR count). The van der Waals surface area contributed by atoms with Gasteiger partial charge in [0.25, 0.3) is 0 Å². The number of carbonyl (C=O) groups excluding carboxylic acids is 1. The molecule has 1 aliphatic rings. The number of rotatable bonds is 5. The highest BCUT2D eigenvalue weighted by Crippen LogP contribution is 2.25. The first kappa shape index (κ1) is 22.2. The van der Waals surface area contributed by atoms with Gasteiger partial charge >= 0.3 is 0 Å². The summed E-state index contributed by atoms with van der Waals surface area (Å²) < 4.78 is 15.7. The molecule has 9 nitrogen and oxygen atoms in total. The molecule has 10 heteroatoms. The van der Waals surface area contributed by atoms with E-state index in [1.807, 2.05) is 42.6 Å². The maximum atomic E-state index is 14.1. The van der Waals surface area contributed by atoms with Crippen molar-refractivity contribution in [2.24, 2.45) is 0 Å². The second-order valence-electron chi connectivity index (χ2n) is 8.99. The molecule has 1 aliphatic heterocycles. The van der Waals surface area contributed by atoms with Crippen LogP contribution in [0.5, 0.6) is 0 Å². The van der Waals surface area contributed by atoms with Gasteiger partial charge in [-0.05, 0) is 42.1 Å². The van der Waals surface area contributed by atoms with Crippen LogP contribution in [0.4, 0.5) is 10.2 Å². The van der Waals surface area contributed by atoms with E-state index in [1.165, 1.54) is 12.4 Å². The number of piperazine rings is 1. The molecule has 0 aliphatic carbocycles. The maximum absolute atomic E-state index is 14.1. The standard InChI is InChI=1S/C26H25FN8O.3H2/c1-16-6-7-19(11-21(16)27)35-13-20-24(33-35)30-15-31-25(20)34-9-8-28-23(14-34)26(36)29-12-18-10-17-4-2-3-5-22(17)32-18;;;/h2-7,10-11,13,15,23,28,32H,8-9,12,14H2,1H3,(H,29,36);3*1H. The van der Waals surface area contributed by atoms with Crippen LogP contribution in [0.1, 0.15) is 15.5 Å². The molecule has 0 saturated carbocycles. The highest BCUT2D eigenvalue weighted by molar-refractivity contribution is 5.88. The Morgan fingerprint density at radius 1 is 1.22 bits per heavy atom.